The lowest BCUT2D eigenvalue weighted by Gasteiger charge is -2.12. The maximum absolute atomic E-state index is 12.3. The van der Waals surface area contributed by atoms with Gasteiger partial charge in [0.1, 0.15) is 0 Å². The molecule has 2 N–H and O–H groups in total. The highest BCUT2D eigenvalue weighted by molar-refractivity contribution is 7.92. The molecule has 0 fully saturated rings. The first kappa shape index (κ1) is 14.3. The molecule has 0 bridgehead atoms. The number of hydrogen-bond donors (Lipinski definition) is 2. The summed E-state index contributed by atoms with van der Waals surface area (Å²) in [4.78, 5) is 7.84. The Balaban J connectivity index is 2.30. The molecule has 0 aliphatic heterocycles. The predicted octanol–water partition coefficient (Wildman–Crippen LogP) is 2.10. The van der Waals surface area contributed by atoms with Gasteiger partial charge in [-0.3, -0.25) is 9.71 Å². The zero-order valence-corrected chi connectivity index (χ0v) is 11.9. The monoisotopic (exact) mass is 292 g/mol. The first-order chi connectivity index (χ1) is 9.63. The number of rotatable bonds is 6. The molecule has 2 heterocycles. The summed E-state index contributed by atoms with van der Waals surface area (Å²) in [5.74, 6) is 0. The fraction of sp³-hybridized carbons (Fsp3) is 0.231. The maximum atomic E-state index is 12.3. The van der Waals surface area contributed by atoms with E-state index < -0.39 is 10.0 Å². The van der Waals surface area contributed by atoms with Crippen LogP contribution in [0.1, 0.15) is 13.3 Å². The zero-order chi connectivity index (χ0) is 14.4. The smallest absolute Gasteiger partial charge is 0.281 e. The van der Waals surface area contributed by atoms with Crippen LogP contribution in [0, 0.1) is 0 Å². The molecule has 0 aliphatic rings. The minimum Gasteiger partial charge on any atom is -0.383 e. The Bertz CT molecular complexity index is 659. The Kier molecular flexibility index (Phi) is 4.52. The van der Waals surface area contributed by atoms with Crippen molar-refractivity contribution in [3.63, 3.8) is 0 Å². The van der Waals surface area contributed by atoms with Gasteiger partial charge in [0.2, 0.25) is 0 Å². The highest BCUT2D eigenvalue weighted by Gasteiger charge is 2.20. The second-order valence-electron chi connectivity index (χ2n) is 4.13. The second-order valence-corrected chi connectivity index (χ2v) is 5.73. The lowest BCUT2D eigenvalue weighted by Crippen LogP contribution is -2.17. The molecule has 0 saturated carbocycles. The number of hydrogen-bond acceptors (Lipinski definition) is 5. The largest absolute Gasteiger partial charge is 0.383 e. The summed E-state index contributed by atoms with van der Waals surface area (Å²) < 4.78 is 27.1. The van der Waals surface area contributed by atoms with Crippen molar-refractivity contribution in [2.24, 2.45) is 0 Å². The third kappa shape index (κ3) is 3.45. The molecule has 0 saturated heterocycles. The SMILES string of the molecule is CCCNc1cccnc1S(=O)(=O)Nc1cccnc1. The van der Waals surface area contributed by atoms with Crippen molar-refractivity contribution in [3.8, 4) is 0 Å². The van der Waals surface area contributed by atoms with Crippen LogP contribution >= 0.6 is 0 Å². The summed E-state index contributed by atoms with van der Waals surface area (Å²) >= 11 is 0. The lowest BCUT2D eigenvalue weighted by molar-refractivity contribution is 0.598. The molecule has 7 heteroatoms. The topological polar surface area (TPSA) is 84.0 Å². The van der Waals surface area contributed by atoms with E-state index in [1.165, 1.54) is 12.4 Å². The Morgan fingerprint density at radius 2 is 2.00 bits per heavy atom. The molecule has 0 radical (unpaired) electrons. The van der Waals surface area contributed by atoms with Gasteiger partial charge in [-0.15, -0.1) is 0 Å². The number of nitrogens with zero attached hydrogens (tertiary/aromatic N) is 2. The van der Waals surface area contributed by atoms with Crippen LogP contribution in [-0.2, 0) is 10.0 Å². The van der Waals surface area contributed by atoms with Gasteiger partial charge < -0.3 is 5.32 Å². The normalized spacial score (nSPS) is 11.1. The Hall–Kier alpha value is -2.15. The van der Waals surface area contributed by atoms with E-state index in [0.29, 0.717) is 17.9 Å². The highest BCUT2D eigenvalue weighted by Crippen LogP contribution is 2.20. The number of aromatic nitrogens is 2. The van der Waals surface area contributed by atoms with Gasteiger partial charge in [0.25, 0.3) is 10.0 Å². The minimum absolute atomic E-state index is 0.0164. The van der Waals surface area contributed by atoms with Gasteiger partial charge in [0, 0.05) is 18.9 Å². The number of anilines is 2. The molecule has 106 valence electrons. The molecule has 2 aromatic rings. The molecule has 20 heavy (non-hydrogen) atoms. The first-order valence-electron chi connectivity index (χ1n) is 6.25. The molecule has 0 spiro atoms. The maximum Gasteiger partial charge on any atom is 0.281 e. The van der Waals surface area contributed by atoms with E-state index >= 15 is 0 Å². The van der Waals surface area contributed by atoms with Crippen LogP contribution in [0.5, 0.6) is 0 Å². The third-order valence-corrected chi connectivity index (χ3v) is 3.84. The summed E-state index contributed by atoms with van der Waals surface area (Å²) in [6, 6.07) is 6.68. The Morgan fingerprint density at radius 1 is 1.20 bits per heavy atom. The minimum atomic E-state index is -3.74. The summed E-state index contributed by atoms with van der Waals surface area (Å²) in [6.45, 7) is 2.69. The van der Waals surface area contributed by atoms with Gasteiger partial charge in [0.15, 0.2) is 5.03 Å². The van der Waals surface area contributed by atoms with Crippen molar-refractivity contribution in [1.82, 2.24) is 9.97 Å². The van der Waals surface area contributed by atoms with Crippen molar-refractivity contribution in [3.05, 3.63) is 42.9 Å². The number of pyridine rings is 2. The fourth-order valence-electron chi connectivity index (χ4n) is 1.63. The molecule has 0 unspecified atom stereocenters. The Morgan fingerprint density at radius 3 is 2.70 bits per heavy atom. The van der Waals surface area contributed by atoms with Crippen LogP contribution in [0.25, 0.3) is 0 Å². The average Bonchev–Trinajstić information content (AvgIpc) is 2.46. The molecule has 2 aromatic heterocycles. The molecule has 2 rings (SSSR count). The Labute approximate surface area is 118 Å². The van der Waals surface area contributed by atoms with E-state index in [9.17, 15) is 8.42 Å². The predicted molar refractivity (Wildman–Crippen MR) is 78.1 cm³/mol. The molecule has 6 nitrogen and oxygen atoms in total. The summed E-state index contributed by atoms with van der Waals surface area (Å²) in [5.41, 5.74) is 0.894. The fourth-order valence-corrected chi connectivity index (χ4v) is 2.78. The van der Waals surface area contributed by atoms with Gasteiger partial charge in [-0.25, -0.2) is 4.98 Å². The first-order valence-corrected chi connectivity index (χ1v) is 7.73. The van der Waals surface area contributed by atoms with Crippen LogP contribution in [0.3, 0.4) is 0 Å². The van der Waals surface area contributed by atoms with E-state index in [4.69, 9.17) is 0 Å². The van der Waals surface area contributed by atoms with Gasteiger partial charge in [-0.1, -0.05) is 6.92 Å². The number of sulfonamides is 1. The summed E-state index contributed by atoms with van der Waals surface area (Å²) in [5, 5.41) is 3.04. The van der Waals surface area contributed by atoms with E-state index in [2.05, 4.69) is 20.0 Å². The molecular formula is C13H16N4O2S. The van der Waals surface area contributed by atoms with E-state index in [0.717, 1.165) is 6.42 Å². The van der Waals surface area contributed by atoms with Gasteiger partial charge in [-0.05, 0) is 30.7 Å². The zero-order valence-electron chi connectivity index (χ0n) is 11.1. The quantitative estimate of drug-likeness (QED) is 0.851. The van der Waals surface area contributed by atoms with E-state index in [1.807, 2.05) is 6.92 Å². The van der Waals surface area contributed by atoms with Crippen molar-refractivity contribution in [1.29, 1.82) is 0 Å². The van der Waals surface area contributed by atoms with Crippen LogP contribution in [0.2, 0.25) is 0 Å². The van der Waals surface area contributed by atoms with Crippen molar-refractivity contribution in [2.45, 2.75) is 18.4 Å². The highest BCUT2D eigenvalue weighted by atomic mass is 32.2. The molecule has 0 aromatic carbocycles. The molecule has 0 atom stereocenters. The molecule has 0 aliphatic carbocycles. The van der Waals surface area contributed by atoms with Crippen LogP contribution in [0.4, 0.5) is 11.4 Å². The van der Waals surface area contributed by atoms with Crippen LogP contribution < -0.4 is 10.0 Å². The van der Waals surface area contributed by atoms with Crippen molar-refractivity contribution >= 4 is 21.4 Å². The second kappa shape index (κ2) is 6.33. The van der Waals surface area contributed by atoms with Crippen LogP contribution in [0.15, 0.2) is 47.9 Å². The summed E-state index contributed by atoms with van der Waals surface area (Å²) in [6.07, 6.45) is 5.37. The van der Waals surface area contributed by atoms with Gasteiger partial charge in [0.05, 0.1) is 17.6 Å². The number of nitrogens with one attached hydrogen (secondary N) is 2. The van der Waals surface area contributed by atoms with E-state index in [-0.39, 0.29) is 5.03 Å². The summed E-state index contributed by atoms with van der Waals surface area (Å²) in [7, 11) is -3.74. The lowest BCUT2D eigenvalue weighted by atomic mass is 10.4. The van der Waals surface area contributed by atoms with Crippen LogP contribution in [-0.4, -0.2) is 24.9 Å². The van der Waals surface area contributed by atoms with E-state index in [1.54, 1.807) is 30.5 Å². The van der Waals surface area contributed by atoms with Crippen molar-refractivity contribution < 1.29 is 8.42 Å². The standard InChI is InChI=1S/C13H16N4O2S/c1-2-7-15-12-6-4-9-16-13(12)20(18,19)17-11-5-3-8-14-10-11/h3-6,8-10,15,17H,2,7H2,1H3. The van der Waals surface area contributed by atoms with Crippen molar-refractivity contribution in [2.75, 3.05) is 16.6 Å². The average molecular weight is 292 g/mol. The van der Waals surface area contributed by atoms with Gasteiger partial charge >= 0.3 is 0 Å². The molecule has 0 amide bonds. The third-order valence-electron chi connectivity index (χ3n) is 2.50. The van der Waals surface area contributed by atoms with Gasteiger partial charge in [-0.2, -0.15) is 8.42 Å². The molecular weight excluding hydrogens is 276 g/mol.